The molecular formula is C14H26N4. The summed E-state index contributed by atoms with van der Waals surface area (Å²) < 4.78 is 0. The van der Waals surface area contributed by atoms with Crippen LogP contribution in [0.1, 0.15) is 43.6 Å². The van der Waals surface area contributed by atoms with Gasteiger partial charge in [-0.3, -0.25) is 5.10 Å². The average Bonchev–Trinajstić information content (AvgIpc) is 2.98. The van der Waals surface area contributed by atoms with Crippen LogP contribution in [0.4, 0.5) is 0 Å². The first-order valence-corrected chi connectivity index (χ1v) is 7.33. The van der Waals surface area contributed by atoms with E-state index < -0.39 is 0 Å². The summed E-state index contributed by atoms with van der Waals surface area (Å²) in [5, 5.41) is 11.1. The minimum atomic E-state index is 0.921. The molecule has 102 valence electrons. The highest BCUT2D eigenvalue weighted by molar-refractivity contribution is 5.29. The van der Waals surface area contributed by atoms with E-state index in [2.05, 4.69) is 34.3 Å². The van der Waals surface area contributed by atoms with Crippen molar-refractivity contribution in [2.45, 2.75) is 46.1 Å². The first-order chi connectivity index (χ1) is 8.85. The molecule has 0 bridgehead atoms. The highest BCUT2D eigenvalue weighted by atomic mass is 15.1. The number of H-pyrrole nitrogens is 1. The number of hydrogen-bond acceptors (Lipinski definition) is 3. The van der Waals surface area contributed by atoms with E-state index in [0.29, 0.717) is 0 Å². The molecule has 1 aliphatic rings. The second kappa shape index (κ2) is 6.90. The molecule has 1 aromatic rings. The highest BCUT2D eigenvalue weighted by Gasteiger charge is 2.17. The van der Waals surface area contributed by atoms with Crippen molar-refractivity contribution >= 4 is 0 Å². The van der Waals surface area contributed by atoms with E-state index in [4.69, 9.17) is 0 Å². The van der Waals surface area contributed by atoms with Crippen LogP contribution >= 0.6 is 0 Å². The summed E-state index contributed by atoms with van der Waals surface area (Å²) >= 11 is 0. The van der Waals surface area contributed by atoms with Gasteiger partial charge in [-0.2, -0.15) is 5.10 Å². The fourth-order valence-electron chi connectivity index (χ4n) is 2.71. The molecule has 0 saturated carbocycles. The van der Waals surface area contributed by atoms with Gasteiger partial charge in [0.05, 0.1) is 5.69 Å². The van der Waals surface area contributed by atoms with Crippen LogP contribution in [0.5, 0.6) is 0 Å². The Kier molecular flexibility index (Phi) is 5.20. The summed E-state index contributed by atoms with van der Waals surface area (Å²) in [5.41, 5.74) is 4.09. The van der Waals surface area contributed by atoms with Gasteiger partial charge in [0.1, 0.15) is 0 Å². The van der Waals surface area contributed by atoms with Crippen molar-refractivity contribution in [3.63, 3.8) is 0 Å². The molecule has 18 heavy (non-hydrogen) atoms. The Bertz CT molecular complexity index is 355. The lowest BCUT2D eigenvalue weighted by Gasteiger charge is -2.17. The fraction of sp³-hybridized carbons (Fsp3) is 0.786. The molecule has 0 aliphatic heterocycles. The second-order valence-corrected chi connectivity index (χ2v) is 5.04. The zero-order valence-electron chi connectivity index (χ0n) is 11.8. The van der Waals surface area contributed by atoms with Gasteiger partial charge in [0.15, 0.2) is 0 Å². The number of rotatable bonds is 8. The third-order valence-corrected chi connectivity index (χ3v) is 3.91. The molecule has 0 radical (unpaired) electrons. The van der Waals surface area contributed by atoms with Gasteiger partial charge in [-0.1, -0.05) is 13.8 Å². The van der Waals surface area contributed by atoms with E-state index in [1.165, 1.54) is 49.2 Å². The van der Waals surface area contributed by atoms with Crippen LogP contribution in [0.3, 0.4) is 0 Å². The molecule has 4 heteroatoms. The fourth-order valence-corrected chi connectivity index (χ4v) is 2.71. The van der Waals surface area contributed by atoms with Crippen molar-refractivity contribution in [3.8, 4) is 0 Å². The van der Waals surface area contributed by atoms with Crippen LogP contribution in [-0.4, -0.2) is 41.3 Å². The van der Waals surface area contributed by atoms with Crippen LogP contribution in [0.2, 0.25) is 0 Å². The largest absolute Gasteiger partial charge is 0.311 e. The Balaban J connectivity index is 1.63. The summed E-state index contributed by atoms with van der Waals surface area (Å²) in [4.78, 5) is 2.47. The molecular weight excluding hydrogens is 224 g/mol. The Morgan fingerprint density at radius 2 is 2.11 bits per heavy atom. The molecule has 4 nitrogen and oxygen atoms in total. The van der Waals surface area contributed by atoms with E-state index in [0.717, 1.165) is 26.2 Å². The molecule has 1 heterocycles. The van der Waals surface area contributed by atoms with E-state index in [1.807, 2.05) is 0 Å². The van der Waals surface area contributed by atoms with Gasteiger partial charge in [0, 0.05) is 12.2 Å². The Morgan fingerprint density at radius 1 is 1.28 bits per heavy atom. The standard InChI is InChI=1S/C14H26N4/c1-3-18(4-2)10-6-9-15-11-14-12-7-5-8-13(12)16-17-14/h15H,3-11H2,1-2H3,(H,16,17). The Labute approximate surface area is 110 Å². The average molecular weight is 250 g/mol. The number of nitrogens with zero attached hydrogens (tertiary/aromatic N) is 2. The number of fused-ring (bicyclic) bond motifs is 1. The molecule has 1 aromatic heterocycles. The molecule has 0 unspecified atom stereocenters. The monoisotopic (exact) mass is 250 g/mol. The summed E-state index contributed by atoms with van der Waals surface area (Å²) in [6.07, 6.45) is 4.90. The van der Waals surface area contributed by atoms with Gasteiger partial charge in [-0.05, 0) is 57.4 Å². The lowest BCUT2D eigenvalue weighted by molar-refractivity contribution is 0.298. The van der Waals surface area contributed by atoms with Crippen molar-refractivity contribution in [3.05, 3.63) is 17.0 Å². The number of aryl methyl sites for hydroxylation is 1. The molecule has 2 rings (SSSR count). The van der Waals surface area contributed by atoms with Gasteiger partial charge in [0.25, 0.3) is 0 Å². The minimum absolute atomic E-state index is 0.921. The number of hydrogen-bond donors (Lipinski definition) is 2. The summed E-state index contributed by atoms with van der Waals surface area (Å²) in [7, 11) is 0. The predicted molar refractivity (Wildman–Crippen MR) is 74.7 cm³/mol. The van der Waals surface area contributed by atoms with Crippen molar-refractivity contribution in [2.75, 3.05) is 26.2 Å². The third kappa shape index (κ3) is 3.33. The topological polar surface area (TPSA) is 44.0 Å². The van der Waals surface area contributed by atoms with Gasteiger partial charge < -0.3 is 10.2 Å². The molecule has 0 spiro atoms. The number of aromatic amines is 1. The zero-order chi connectivity index (χ0) is 12.8. The van der Waals surface area contributed by atoms with Gasteiger partial charge in [-0.25, -0.2) is 0 Å². The van der Waals surface area contributed by atoms with Crippen molar-refractivity contribution in [2.24, 2.45) is 0 Å². The summed E-state index contributed by atoms with van der Waals surface area (Å²) in [6, 6.07) is 0. The normalized spacial score (nSPS) is 14.4. The molecule has 0 saturated heterocycles. The number of nitrogens with one attached hydrogen (secondary N) is 2. The summed E-state index contributed by atoms with van der Waals surface area (Å²) in [6.45, 7) is 9.96. The maximum atomic E-state index is 4.40. The van der Waals surface area contributed by atoms with E-state index in [1.54, 1.807) is 0 Å². The SMILES string of the molecule is CCN(CC)CCCNCc1n[nH]c2c1CCC2. The molecule has 0 amide bonds. The van der Waals surface area contributed by atoms with Crippen LogP contribution in [0.15, 0.2) is 0 Å². The molecule has 2 N–H and O–H groups in total. The Morgan fingerprint density at radius 3 is 2.89 bits per heavy atom. The molecule has 1 aliphatic carbocycles. The van der Waals surface area contributed by atoms with Crippen LogP contribution in [-0.2, 0) is 19.4 Å². The van der Waals surface area contributed by atoms with Crippen molar-refractivity contribution in [1.82, 2.24) is 20.4 Å². The smallest absolute Gasteiger partial charge is 0.0794 e. The Hall–Kier alpha value is -0.870. The van der Waals surface area contributed by atoms with Crippen molar-refractivity contribution in [1.29, 1.82) is 0 Å². The van der Waals surface area contributed by atoms with Gasteiger partial charge in [-0.15, -0.1) is 0 Å². The maximum Gasteiger partial charge on any atom is 0.0794 e. The van der Waals surface area contributed by atoms with Gasteiger partial charge >= 0.3 is 0 Å². The summed E-state index contributed by atoms with van der Waals surface area (Å²) in [5.74, 6) is 0. The number of aromatic nitrogens is 2. The van der Waals surface area contributed by atoms with Crippen LogP contribution in [0.25, 0.3) is 0 Å². The first-order valence-electron chi connectivity index (χ1n) is 7.33. The second-order valence-electron chi connectivity index (χ2n) is 5.04. The minimum Gasteiger partial charge on any atom is -0.311 e. The first kappa shape index (κ1) is 13.6. The van der Waals surface area contributed by atoms with Crippen molar-refractivity contribution < 1.29 is 0 Å². The lowest BCUT2D eigenvalue weighted by atomic mass is 10.2. The molecule has 0 aromatic carbocycles. The van der Waals surface area contributed by atoms with E-state index >= 15 is 0 Å². The molecule has 0 fully saturated rings. The van der Waals surface area contributed by atoms with Crippen LogP contribution in [0, 0.1) is 0 Å². The zero-order valence-corrected chi connectivity index (χ0v) is 11.8. The quantitative estimate of drug-likeness (QED) is 0.691. The predicted octanol–water partition coefficient (Wildman–Crippen LogP) is 1.72. The molecule has 0 atom stereocenters. The third-order valence-electron chi connectivity index (χ3n) is 3.91. The van der Waals surface area contributed by atoms with Gasteiger partial charge in [0.2, 0.25) is 0 Å². The van der Waals surface area contributed by atoms with E-state index in [-0.39, 0.29) is 0 Å². The van der Waals surface area contributed by atoms with Crippen LogP contribution < -0.4 is 5.32 Å². The van der Waals surface area contributed by atoms with E-state index in [9.17, 15) is 0 Å². The highest BCUT2D eigenvalue weighted by Crippen LogP contribution is 2.22. The maximum absolute atomic E-state index is 4.40. The lowest BCUT2D eigenvalue weighted by Crippen LogP contribution is -2.27.